The lowest BCUT2D eigenvalue weighted by Crippen LogP contribution is -2.02. The summed E-state index contributed by atoms with van der Waals surface area (Å²) in [6.45, 7) is 10.7. The van der Waals surface area contributed by atoms with Gasteiger partial charge < -0.3 is 4.57 Å². The van der Waals surface area contributed by atoms with Crippen molar-refractivity contribution in [1.29, 1.82) is 5.26 Å². The van der Waals surface area contributed by atoms with Gasteiger partial charge in [-0.1, -0.05) is 11.6 Å². The number of benzene rings is 1. The Bertz CT molecular complexity index is 1180. The summed E-state index contributed by atoms with van der Waals surface area (Å²) < 4.78 is 2.23. The number of hydrogen-bond acceptors (Lipinski definition) is 2. The van der Waals surface area contributed by atoms with Crippen LogP contribution in [0, 0.1) is 45.9 Å². The summed E-state index contributed by atoms with van der Waals surface area (Å²) in [5, 5.41) is 10.8. The number of pyridine rings is 1. The highest BCUT2D eigenvalue weighted by Crippen LogP contribution is 2.35. The fraction of sp³-hybridized carbons (Fsp3) is 0.333. The molecule has 0 aliphatic heterocycles. The molecule has 0 saturated heterocycles. The lowest BCUT2D eigenvalue weighted by atomic mass is 9.90. The minimum atomic E-state index is 0.721. The minimum absolute atomic E-state index is 0.721. The lowest BCUT2D eigenvalue weighted by molar-refractivity contribution is 0.958. The van der Waals surface area contributed by atoms with Crippen molar-refractivity contribution in [2.24, 2.45) is 7.05 Å². The first kappa shape index (κ1) is 17.5. The van der Waals surface area contributed by atoms with Crippen LogP contribution in [0.25, 0.3) is 17.0 Å². The van der Waals surface area contributed by atoms with Gasteiger partial charge in [0.15, 0.2) is 0 Å². The molecule has 3 nitrogen and oxygen atoms in total. The zero-order valence-electron chi connectivity index (χ0n) is 17.0. The second kappa shape index (κ2) is 6.09. The Labute approximate surface area is 161 Å². The predicted molar refractivity (Wildman–Crippen MR) is 111 cm³/mol. The van der Waals surface area contributed by atoms with E-state index in [0.717, 1.165) is 40.9 Å². The van der Waals surface area contributed by atoms with Crippen molar-refractivity contribution in [2.45, 2.75) is 47.5 Å². The van der Waals surface area contributed by atoms with Crippen LogP contribution in [-0.4, -0.2) is 9.55 Å². The molecule has 27 heavy (non-hydrogen) atoms. The Morgan fingerprint density at radius 3 is 2.52 bits per heavy atom. The van der Waals surface area contributed by atoms with Crippen LogP contribution in [0.4, 0.5) is 0 Å². The largest absolute Gasteiger partial charge is 0.350 e. The van der Waals surface area contributed by atoms with Crippen molar-refractivity contribution in [3.05, 3.63) is 68.2 Å². The number of fused-ring (bicyclic) bond motifs is 2. The first-order valence-corrected chi connectivity index (χ1v) is 9.46. The van der Waals surface area contributed by atoms with Crippen LogP contribution >= 0.6 is 0 Å². The molecule has 0 spiro atoms. The number of hydrogen-bond donors (Lipinski definition) is 0. The van der Waals surface area contributed by atoms with Crippen molar-refractivity contribution >= 4 is 17.0 Å². The zero-order chi connectivity index (χ0) is 19.5. The van der Waals surface area contributed by atoms with Gasteiger partial charge in [-0.2, -0.15) is 5.26 Å². The third-order valence-corrected chi connectivity index (χ3v) is 6.34. The van der Waals surface area contributed by atoms with E-state index in [1.165, 1.54) is 38.7 Å². The van der Waals surface area contributed by atoms with E-state index in [9.17, 15) is 5.26 Å². The molecule has 2 aromatic heterocycles. The Morgan fingerprint density at radius 1 is 1.07 bits per heavy atom. The highest BCUT2D eigenvalue weighted by molar-refractivity contribution is 5.89. The second-order valence-corrected chi connectivity index (χ2v) is 7.87. The summed E-state index contributed by atoms with van der Waals surface area (Å²) in [7, 11) is 2.12. The van der Waals surface area contributed by atoms with E-state index in [2.05, 4.69) is 56.8 Å². The van der Waals surface area contributed by atoms with E-state index >= 15 is 0 Å². The molecule has 0 bridgehead atoms. The molecule has 1 aromatic carbocycles. The topological polar surface area (TPSA) is 41.6 Å². The minimum Gasteiger partial charge on any atom is -0.350 e. The highest BCUT2D eigenvalue weighted by Gasteiger charge is 2.22. The van der Waals surface area contributed by atoms with E-state index < -0.39 is 0 Å². The van der Waals surface area contributed by atoms with Crippen LogP contribution in [0.1, 0.15) is 50.3 Å². The average Bonchev–Trinajstić information content (AvgIpc) is 3.20. The van der Waals surface area contributed by atoms with Crippen LogP contribution in [0.15, 0.2) is 17.8 Å². The fourth-order valence-electron chi connectivity index (χ4n) is 4.60. The number of rotatable bonds is 2. The van der Waals surface area contributed by atoms with Crippen LogP contribution in [-0.2, 0) is 19.9 Å². The van der Waals surface area contributed by atoms with Crippen LogP contribution < -0.4 is 0 Å². The molecule has 0 saturated carbocycles. The summed E-state index contributed by atoms with van der Waals surface area (Å²) in [6, 6.07) is 4.56. The molecule has 0 radical (unpaired) electrons. The Hall–Kier alpha value is -2.86. The second-order valence-electron chi connectivity index (χ2n) is 7.87. The summed E-state index contributed by atoms with van der Waals surface area (Å²) in [5.41, 5.74) is 13.2. The van der Waals surface area contributed by atoms with Crippen molar-refractivity contribution in [3.8, 4) is 6.07 Å². The first-order valence-electron chi connectivity index (χ1n) is 9.46. The maximum atomic E-state index is 9.43. The van der Waals surface area contributed by atoms with Crippen molar-refractivity contribution in [2.75, 3.05) is 0 Å². The number of allylic oxidation sites excluding steroid dienone is 1. The van der Waals surface area contributed by atoms with Crippen LogP contribution in [0.2, 0.25) is 0 Å². The zero-order valence-corrected chi connectivity index (χ0v) is 17.0. The molecule has 3 aromatic rings. The Morgan fingerprint density at radius 2 is 1.81 bits per heavy atom. The highest BCUT2D eigenvalue weighted by atomic mass is 14.9. The molecule has 0 fully saturated rings. The molecule has 2 heterocycles. The maximum Gasteiger partial charge on any atom is 0.101 e. The summed E-state index contributed by atoms with van der Waals surface area (Å²) in [5.74, 6) is 0. The van der Waals surface area contributed by atoms with Crippen molar-refractivity contribution in [1.82, 2.24) is 9.55 Å². The summed E-state index contributed by atoms with van der Waals surface area (Å²) in [6.07, 6.45) is 6.24. The molecule has 1 aliphatic rings. The molecular formula is C24H25N3. The fourth-order valence-corrected chi connectivity index (χ4v) is 4.60. The van der Waals surface area contributed by atoms with E-state index in [-0.39, 0.29) is 0 Å². The van der Waals surface area contributed by atoms with Gasteiger partial charge in [-0.05, 0) is 74.9 Å². The molecular weight excluding hydrogens is 330 g/mol. The third kappa shape index (κ3) is 2.51. The van der Waals surface area contributed by atoms with Crippen LogP contribution in [0.3, 0.4) is 0 Å². The van der Waals surface area contributed by atoms with E-state index in [1.54, 1.807) is 0 Å². The molecule has 4 rings (SSSR count). The Kier molecular flexibility index (Phi) is 3.96. The number of nitriles is 1. The summed E-state index contributed by atoms with van der Waals surface area (Å²) in [4.78, 5) is 4.72. The van der Waals surface area contributed by atoms with Gasteiger partial charge in [0.2, 0.25) is 0 Å². The van der Waals surface area contributed by atoms with Crippen LogP contribution in [0.5, 0.6) is 0 Å². The van der Waals surface area contributed by atoms with E-state index in [1.807, 2.05) is 13.8 Å². The number of nitrogens with zero attached hydrogens (tertiary/aromatic N) is 3. The van der Waals surface area contributed by atoms with Gasteiger partial charge in [-0.15, -0.1) is 0 Å². The van der Waals surface area contributed by atoms with Gasteiger partial charge in [-0.3, -0.25) is 4.98 Å². The van der Waals surface area contributed by atoms with E-state index in [0.29, 0.717) is 0 Å². The van der Waals surface area contributed by atoms with Gasteiger partial charge >= 0.3 is 0 Å². The van der Waals surface area contributed by atoms with Gasteiger partial charge in [-0.25, -0.2) is 0 Å². The monoisotopic (exact) mass is 355 g/mol. The molecule has 0 unspecified atom stereocenters. The summed E-state index contributed by atoms with van der Waals surface area (Å²) >= 11 is 0. The smallest absolute Gasteiger partial charge is 0.101 e. The predicted octanol–water partition coefficient (Wildman–Crippen LogP) is 5.17. The third-order valence-electron chi connectivity index (χ3n) is 6.34. The molecule has 136 valence electrons. The molecule has 0 atom stereocenters. The average molecular weight is 355 g/mol. The van der Waals surface area contributed by atoms with Gasteiger partial charge in [0.25, 0.3) is 0 Å². The molecule has 3 heteroatoms. The van der Waals surface area contributed by atoms with Crippen molar-refractivity contribution in [3.63, 3.8) is 0 Å². The first-order chi connectivity index (χ1) is 12.8. The lowest BCUT2D eigenvalue weighted by Gasteiger charge is -2.16. The Balaban J connectivity index is 1.82. The molecule has 0 N–H and O–H groups in total. The standard InChI is InChI=1S/C24H25N3/c1-13-14(2)20(19-7-8-27(6)24(19)15(13)3)9-18-10-21-16(4)22(12-25)17(5)26-23(21)11-18/h7-8,10H,9,11H2,1-6H3. The number of aryl methyl sites for hydroxylation is 3. The van der Waals surface area contributed by atoms with Gasteiger partial charge in [0, 0.05) is 30.6 Å². The molecule has 1 aliphatic carbocycles. The van der Waals surface area contributed by atoms with Gasteiger partial charge in [0.1, 0.15) is 6.07 Å². The maximum absolute atomic E-state index is 9.43. The number of aromatic nitrogens is 2. The van der Waals surface area contributed by atoms with Gasteiger partial charge in [0.05, 0.1) is 22.5 Å². The quantitative estimate of drug-likeness (QED) is 0.636. The van der Waals surface area contributed by atoms with E-state index in [4.69, 9.17) is 4.98 Å². The molecule has 0 amide bonds. The van der Waals surface area contributed by atoms with Crippen molar-refractivity contribution < 1.29 is 0 Å². The SMILES string of the molecule is Cc1nc2c(c(C)c1C#N)C=C(Cc1c(C)c(C)c(C)c3c1ccn3C)C2. The normalized spacial score (nSPS) is 13.0.